The van der Waals surface area contributed by atoms with Crippen LogP contribution in [0.3, 0.4) is 0 Å². The van der Waals surface area contributed by atoms with Gasteiger partial charge in [0, 0.05) is 0 Å². The molecule has 1 rings (SSSR count). The smallest absolute Gasteiger partial charge is 0.237 e. The molecular weight excluding hydrogens is 120 g/mol. The predicted molar refractivity (Wildman–Crippen MR) is 31.6 cm³/mol. The maximum atomic E-state index is 10.4. The van der Waals surface area contributed by atoms with Gasteiger partial charge in [0.1, 0.15) is 6.04 Å². The Morgan fingerprint density at radius 1 is 1.78 bits per heavy atom. The Balaban J connectivity index is 2.49. The van der Waals surface area contributed by atoms with Crippen LogP contribution in [0.25, 0.3) is 0 Å². The molecule has 52 valence electrons. The highest BCUT2D eigenvalue weighted by Gasteiger charge is 2.28. The molecule has 0 aromatic carbocycles. The molecule has 0 spiro atoms. The van der Waals surface area contributed by atoms with Crippen LogP contribution in [0, 0.1) is 0 Å². The van der Waals surface area contributed by atoms with Crippen LogP contribution in [-0.4, -0.2) is 29.7 Å². The number of hydrogen-bond acceptors (Lipinski definition) is 3. The third-order valence-electron chi connectivity index (χ3n) is 1.50. The normalized spacial score (nSPS) is 34.8. The van der Waals surface area contributed by atoms with E-state index in [4.69, 9.17) is 10.8 Å². The summed E-state index contributed by atoms with van der Waals surface area (Å²) < 4.78 is 0. The summed E-state index contributed by atoms with van der Waals surface area (Å²) >= 11 is 0. The second kappa shape index (κ2) is 2.33. The molecule has 0 radical (unpaired) electrons. The molecule has 0 saturated carbocycles. The van der Waals surface area contributed by atoms with Crippen molar-refractivity contribution in [1.82, 2.24) is 5.32 Å². The zero-order valence-corrected chi connectivity index (χ0v) is 5.00. The molecule has 0 bridgehead atoms. The van der Waals surface area contributed by atoms with Crippen LogP contribution in [0.2, 0.25) is 0 Å². The molecule has 9 heavy (non-hydrogen) atoms. The lowest BCUT2D eigenvalue weighted by atomic mass is 10.2. The fraction of sp³-hybridized carbons (Fsp3) is 0.800. The van der Waals surface area contributed by atoms with Gasteiger partial charge in [0.2, 0.25) is 5.91 Å². The maximum Gasteiger partial charge on any atom is 0.237 e. The van der Waals surface area contributed by atoms with Crippen molar-refractivity contribution < 1.29 is 9.90 Å². The van der Waals surface area contributed by atoms with Crippen LogP contribution in [0.1, 0.15) is 6.42 Å². The van der Waals surface area contributed by atoms with Gasteiger partial charge >= 0.3 is 0 Å². The lowest BCUT2D eigenvalue weighted by Crippen LogP contribution is -2.42. The van der Waals surface area contributed by atoms with E-state index >= 15 is 0 Å². The van der Waals surface area contributed by atoms with Gasteiger partial charge in [-0.25, -0.2) is 0 Å². The van der Waals surface area contributed by atoms with E-state index in [1.54, 1.807) is 0 Å². The van der Waals surface area contributed by atoms with Gasteiger partial charge in [-0.1, -0.05) is 0 Å². The number of hydrogen-bond donors (Lipinski definition) is 3. The van der Waals surface area contributed by atoms with Crippen molar-refractivity contribution in [3.8, 4) is 0 Å². The number of primary amides is 1. The number of amides is 1. The Labute approximate surface area is 53.0 Å². The highest BCUT2D eigenvalue weighted by molar-refractivity contribution is 5.80. The predicted octanol–water partition coefficient (Wildman–Crippen LogP) is -1.81. The number of nitrogens with one attached hydrogen (secondary N) is 1. The van der Waals surface area contributed by atoms with Crippen molar-refractivity contribution >= 4 is 5.91 Å². The Bertz CT molecular complexity index is 126. The van der Waals surface area contributed by atoms with Gasteiger partial charge in [-0.05, 0) is 13.0 Å². The molecule has 1 aliphatic heterocycles. The zero-order chi connectivity index (χ0) is 6.85. The van der Waals surface area contributed by atoms with Crippen molar-refractivity contribution in [2.75, 3.05) is 6.54 Å². The fourth-order valence-corrected chi connectivity index (χ4v) is 0.980. The number of aliphatic hydroxyl groups excluding tert-OH is 1. The van der Waals surface area contributed by atoms with Gasteiger partial charge in [-0.2, -0.15) is 0 Å². The van der Waals surface area contributed by atoms with Crippen molar-refractivity contribution in [1.29, 1.82) is 0 Å². The van der Waals surface area contributed by atoms with Crippen molar-refractivity contribution in [2.24, 2.45) is 5.73 Å². The van der Waals surface area contributed by atoms with Crippen LogP contribution < -0.4 is 11.1 Å². The third-order valence-corrected chi connectivity index (χ3v) is 1.50. The number of carbonyl (C=O) groups is 1. The summed E-state index contributed by atoms with van der Waals surface area (Å²) in [6, 6.07) is -0.523. The minimum absolute atomic E-state index is 0.472. The Morgan fingerprint density at radius 3 is 2.67 bits per heavy atom. The molecule has 1 saturated heterocycles. The van der Waals surface area contributed by atoms with Gasteiger partial charge in [-0.15, -0.1) is 0 Å². The summed E-state index contributed by atoms with van der Waals surface area (Å²) in [6.07, 6.45) is 0.0376. The van der Waals surface area contributed by atoms with Gasteiger partial charge in [0.15, 0.2) is 0 Å². The van der Waals surface area contributed by atoms with Crippen LogP contribution in [0.4, 0.5) is 0 Å². The number of rotatable bonds is 1. The molecule has 1 fully saturated rings. The van der Waals surface area contributed by atoms with Crippen molar-refractivity contribution in [3.05, 3.63) is 0 Å². The quantitative estimate of drug-likeness (QED) is 0.392. The summed E-state index contributed by atoms with van der Waals surface area (Å²) in [6.45, 7) is 0.675. The Morgan fingerprint density at radius 2 is 2.44 bits per heavy atom. The third kappa shape index (κ3) is 1.20. The summed E-state index contributed by atoms with van der Waals surface area (Å²) in [5.41, 5.74) is 4.93. The standard InChI is InChI=1S/C5H10N2O2/c6-5(9)4-3(8)1-2-7-4/h3-4,7-8H,1-2H2,(H2,6,9)/t3-,4?/m1/s1. The monoisotopic (exact) mass is 130 g/mol. The first-order valence-electron chi connectivity index (χ1n) is 2.92. The average Bonchev–Trinajstić information content (AvgIpc) is 2.13. The SMILES string of the molecule is NC(=O)C1NCC[C@H]1O. The lowest BCUT2D eigenvalue weighted by Gasteiger charge is -2.08. The van der Waals surface area contributed by atoms with Crippen LogP contribution >= 0.6 is 0 Å². The lowest BCUT2D eigenvalue weighted by molar-refractivity contribution is -0.121. The second-order valence-corrected chi connectivity index (χ2v) is 2.19. The van der Waals surface area contributed by atoms with Crippen LogP contribution in [0.15, 0.2) is 0 Å². The zero-order valence-electron chi connectivity index (χ0n) is 5.00. The molecule has 1 heterocycles. The molecule has 1 unspecified atom stereocenters. The number of nitrogens with two attached hydrogens (primary N) is 1. The summed E-state index contributed by atoms with van der Waals surface area (Å²) in [5, 5.41) is 11.8. The van der Waals surface area contributed by atoms with E-state index in [-0.39, 0.29) is 0 Å². The molecule has 0 aromatic heterocycles. The molecule has 0 aliphatic carbocycles. The number of aliphatic hydroxyl groups is 1. The van der Waals surface area contributed by atoms with Crippen molar-refractivity contribution in [2.45, 2.75) is 18.6 Å². The summed E-state index contributed by atoms with van der Waals surface area (Å²) in [5.74, 6) is -0.472. The van der Waals surface area contributed by atoms with Crippen molar-refractivity contribution in [3.63, 3.8) is 0 Å². The molecule has 1 amide bonds. The minimum atomic E-state index is -0.581. The number of carbonyl (C=O) groups excluding carboxylic acids is 1. The first-order valence-corrected chi connectivity index (χ1v) is 2.92. The van der Waals surface area contributed by atoms with Crippen LogP contribution in [-0.2, 0) is 4.79 Å². The van der Waals surface area contributed by atoms with E-state index in [1.807, 2.05) is 0 Å². The summed E-state index contributed by atoms with van der Waals surface area (Å²) in [4.78, 5) is 10.4. The van der Waals surface area contributed by atoms with Gasteiger partial charge in [0.25, 0.3) is 0 Å². The van der Waals surface area contributed by atoms with Gasteiger partial charge in [0.05, 0.1) is 6.10 Å². The molecule has 2 atom stereocenters. The largest absolute Gasteiger partial charge is 0.391 e. The first kappa shape index (κ1) is 6.51. The van der Waals surface area contributed by atoms with E-state index in [9.17, 15) is 4.79 Å². The Kier molecular flexibility index (Phi) is 1.68. The molecule has 4 nitrogen and oxygen atoms in total. The molecule has 4 N–H and O–H groups in total. The molecule has 1 aliphatic rings. The Hall–Kier alpha value is -0.610. The highest BCUT2D eigenvalue weighted by Crippen LogP contribution is 2.04. The maximum absolute atomic E-state index is 10.4. The van der Waals surface area contributed by atoms with E-state index < -0.39 is 18.1 Å². The first-order chi connectivity index (χ1) is 4.22. The topological polar surface area (TPSA) is 75.4 Å². The van der Waals surface area contributed by atoms with Gasteiger partial charge in [-0.3, -0.25) is 4.79 Å². The molecule has 0 aromatic rings. The average molecular weight is 130 g/mol. The summed E-state index contributed by atoms with van der Waals surface area (Å²) in [7, 11) is 0. The second-order valence-electron chi connectivity index (χ2n) is 2.19. The minimum Gasteiger partial charge on any atom is -0.391 e. The van der Waals surface area contributed by atoms with E-state index in [2.05, 4.69) is 5.32 Å². The highest BCUT2D eigenvalue weighted by atomic mass is 16.3. The fourth-order valence-electron chi connectivity index (χ4n) is 0.980. The molecular formula is C5H10N2O2. The van der Waals surface area contributed by atoms with Crippen LogP contribution in [0.5, 0.6) is 0 Å². The molecule has 4 heteroatoms. The van der Waals surface area contributed by atoms with E-state index in [0.717, 1.165) is 0 Å². The van der Waals surface area contributed by atoms with E-state index in [1.165, 1.54) is 0 Å². The van der Waals surface area contributed by atoms with Gasteiger partial charge < -0.3 is 16.2 Å². The van der Waals surface area contributed by atoms with E-state index in [0.29, 0.717) is 13.0 Å².